The number of hydrogen-bond donors (Lipinski definition) is 1. The zero-order valence-electron chi connectivity index (χ0n) is 11.0. The van der Waals surface area contributed by atoms with Gasteiger partial charge in [-0.15, -0.1) is 6.58 Å². The van der Waals surface area contributed by atoms with E-state index < -0.39 is 0 Å². The van der Waals surface area contributed by atoms with Crippen molar-refractivity contribution in [2.45, 2.75) is 5.92 Å². The highest BCUT2D eigenvalue weighted by molar-refractivity contribution is 5.85. The van der Waals surface area contributed by atoms with Crippen molar-refractivity contribution >= 4 is 10.9 Å². The number of fused-ring (bicyclic) bond motifs is 1. The second-order valence-electron chi connectivity index (χ2n) is 4.74. The first-order valence-corrected chi connectivity index (χ1v) is 6.52. The molecule has 0 aliphatic carbocycles. The lowest BCUT2D eigenvalue weighted by atomic mass is 9.91. The van der Waals surface area contributed by atoms with Gasteiger partial charge in [-0.1, -0.05) is 36.4 Å². The molecular weight excluding hydrogens is 244 g/mol. The Kier molecular flexibility index (Phi) is 3.10. The van der Waals surface area contributed by atoms with E-state index >= 15 is 0 Å². The molecule has 0 amide bonds. The molecule has 2 nitrogen and oxygen atoms in total. The topological polar surface area (TPSA) is 39.6 Å². The zero-order valence-corrected chi connectivity index (χ0v) is 11.0. The number of aromatic nitrogens is 1. The van der Waals surface area contributed by atoms with Crippen molar-refractivity contribution in [3.8, 4) is 6.07 Å². The first kappa shape index (κ1) is 12.3. The molecule has 3 aromatic rings. The average molecular weight is 258 g/mol. The van der Waals surface area contributed by atoms with E-state index in [-0.39, 0.29) is 5.92 Å². The fraction of sp³-hybridized carbons (Fsp3) is 0.0556. The highest BCUT2D eigenvalue weighted by Gasteiger charge is 2.15. The SMILES string of the molecule is C=CC(c1ccccc1)c1c[nH]c2ccc(C#N)cc12. The first-order valence-electron chi connectivity index (χ1n) is 6.52. The van der Waals surface area contributed by atoms with Gasteiger partial charge in [-0.2, -0.15) is 5.26 Å². The third kappa shape index (κ3) is 2.00. The van der Waals surface area contributed by atoms with E-state index in [0.29, 0.717) is 5.56 Å². The predicted molar refractivity (Wildman–Crippen MR) is 81.5 cm³/mol. The number of benzene rings is 2. The molecule has 1 heterocycles. The van der Waals surface area contributed by atoms with Crippen molar-refractivity contribution in [3.05, 3.63) is 84.1 Å². The molecule has 0 bridgehead atoms. The Morgan fingerprint density at radius 2 is 1.95 bits per heavy atom. The van der Waals surface area contributed by atoms with E-state index in [2.05, 4.69) is 29.8 Å². The molecule has 2 heteroatoms. The van der Waals surface area contributed by atoms with Crippen LogP contribution in [0, 0.1) is 11.3 Å². The second kappa shape index (κ2) is 5.07. The first-order chi connectivity index (χ1) is 9.83. The quantitative estimate of drug-likeness (QED) is 0.697. The summed E-state index contributed by atoms with van der Waals surface area (Å²) in [5, 5.41) is 10.1. The Bertz CT molecular complexity index is 791. The van der Waals surface area contributed by atoms with Crippen LogP contribution in [0.5, 0.6) is 0 Å². The number of aromatic amines is 1. The third-order valence-corrected chi connectivity index (χ3v) is 3.57. The summed E-state index contributed by atoms with van der Waals surface area (Å²) < 4.78 is 0. The van der Waals surface area contributed by atoms with Crippen LogP contribution in [0.25, 0.3) is 10.9 Å². The van der Waals surface area contributed by atoms with Gasteiger partial charge in [-0.25, -0.2) is 0 Å². The Morgan fingerprint density at radius 3 is 2.65 bits per heavy atom. The predicted octanol–water partition coefficient (Wildman–Crippen LogP) is 4.36. The summed E-state index contributed by atoms with van der Waals surface area (Å²) in [4.78, 5) is 3.27. The van der Waals surface area contributed by atoms with Gasteiger partial charge >= 0.3 is 0 Å². The summed E-state index contributed by atoms with van der Waals surface area (Å²) in [6, 6.07) is 18.2. The normalized spacial score (nSPS) is 11.9. The van der Waals surface area contributed by atoms with E-state index in [4.69, 9.17) is 5.26 Å². The van der Waals surface area contributed by atoms with E-state index in [0.717, 1.165) is 16.5 Å². The molecule has 0 fully saturated rings. The molecule has 1 N–H and O–H groups in total. The zero-order chi connectivity index (χ0) is 13.9. The van der Waals surface area contributed by atoms with Crippen molar-refractivity contribution in [1.82, 2.24) is 4.98 Å². The summed E-state index contributed by atoms with van der Waals surface area (Å²) in [5.41, 5.74) is 4.07. The highest BCUT2D eigenvalue weighted by atomic mass is 14.7. The van der Waals surface area contributed by atoms with Crippen molar-refractivity contribution < 1.29 is 0 Å². The maximum absolute atomic E-state index is 9.06. The number of hydrogen-bond acceptors (Lipinski definition) is 1. The summed E-state index contributed by atoms with van der Waals surface area (Å²) in [7, 11) is 0. The van der Waals surface area contributed by atoms with Gasteiger partial charge in [0.1, 0.15) is 0 Å². The molecule has 0 aliphatic heterocycles. The van der Waals surface area contributed by atoms with Gasteiger partial charge in [0, 0.05) is 23.0 Å². The molecule has 1 unspecified atom stereocenters. The van der Waals surface area contributed by atoms with Crippen molar-refractivity contribution in [2.75, 3.05) is 0 Å². The number of H-pyrrole nitrogens is 1. The lowest BCUT2D eigenvalue weighted by Crippen LogP contribution is -1.96. The molecule has 1 aromatic heterocycles. The van der Waals surface area contributed by atoms with E-state index in [1.165, 1.54) is 5.56 Å². The molecule has 0 saturated heterocycles. The summed E-state index contributed by atoms with van der Waals surface area (Å²) in [5.74, 6) is 0.124. The second-order valence-corrected chi connectivity index (χ2v) is 4.74. The van der Waals surface area contributed by atoms with Crippen molar-refractivity contribution in [1.29, 1.82) is 5.26 Å². The van der Waals surface area contributed by atoms with Crippen LogP contribution in [-0.2, 0) is 0 Å². The van der Waals surface area contributed by atoms with Gasteiger partial charge in [0.25, 0.3) is 0 Å². The molecule has 0 saturated carbocycles. The number of nitrogens with one attached hydrogen (secondary N) is 1. The van der Waals surface area contributed by atoms with Crippen LogP contribution < -0.4 is 0 Å². The Hall–Kier alpha value is -2.79. The van der Waals surface area contributed by atoms with Gasteiger partial charge < -0.3 is 4.98 Å². The monoisotopic (exact) mass is 258 g/mol. The summed E-state index contributed by atoms with van der Waals surface area (Å²) in [6.07, 6.45) is 3.95. The minimum atomic E-state index is 0.124. The van der Waals surface area contributed by atoms with Crippen LogP contribution in [0.15, 0.2) is 67.4 Å². The molecule has 2 aromatic carbocycles. The molecule has 96 valence electrons. The Labute approximate surface area is 118 Å². The molecule has 0 radical (unpaired) electrons. The molecule has 0 spiro atoms. The number of rotatable bonds is 3. The maximum Gasteiger partial charge on any atom is 0.0991 e. The van der Waals surface area contributed by atoms with Gasteiger partial charge in [-0.05, 0) is 29.3 Å². The van der Waals surface area contributed by atoms with Crippen LogP contribution in [0.2, 0.25) is 0 Å². The van der Waals surface area contributed by atoms with E-state index in [9.17, 15) is 0 Å². The number of nitriles is 1. The smallest absolute Gasteiger partial charge is 0.0991 e. The van der Waals surface area contributed by atoms with Crippen LogP contribution in [0.4, 0.5) is 0 Å². The lowest BCUT2D eigenvalue weighted by Gasteiger charge is -2.12. The largest absolute Gasteiger partial charge is 0.361 e. The van der Waals surface area contributed by atoms with Crippen molar-refractivity contribution in [3.63, 3.8) is 0 Å². The average Bonchev–Trinajstić information content (AvgIpc) is 2.92. The summed E-state index contributed by atoms with van der Waals surface area (Å²) in [6.45, 7) is 3.96. The minimum absolute atomic E-state index is 0.124. The lowest BCUT2D eigenvalue weighted by molar-refractivity contribution is 1.04. The fourth-order valence-electron chi connectivity index (χ4n) is 2.57. The van der Waals surface area contributed by atoms with Crippen LogP contribution in [0.1, 0.15) is 22.6 Å². The van der Waals surface area contributed by atoms with E-state index in [1.807, 2.05) is 48.7 Å². The van der Waals surface area contributed by atoms with Gasteiger partial charge in [0.2, 0.25) is 0 Å². The third-order valence-electron chi connectivity index (χ3n) is 3.57. The molecule has 1 atom stereocenters. The number of nitrogens with zero attached hydrogens (tertiary/aromatic N) is 1. The molecule has 20 heavy (non-hydrogen) atoms. The molecule has 3 rings (SSSR count). The fourth-order valence-corrected chi connectivity index (χ4v) is 2.57. The van der Waals surface area contributed by atoms with Crippen molar-refractivity contribution in [2.24, 2.45) is 0 Å². The number of allylic oxidation sites excluding steroid dienone is 1. The van der Waals surface area contributed by atoms with Crippen LogP contribution >= 0.6 is 0 Å². The standard InChI is InChI=1S/C18H14N2/c1-2-15(14-6-4-3-5-7-14)17-12-20-18-9-8-13(11-19)10-16(17)18/h2-10,12,15,20H,1H2. The summed E-state index contributed by atoms with van der Waals surface area (Å²) >= 11 is 0. The van der Waals surface area contributed by atoms with Crippen LogP contribution in [0.3, 0.4) is 0 Å². The van der Waals surface area contributed by atoms with E-state index in [1.54, 1.807) is 0 Å². The van der Waals surface area contributed by atoms with Crippen LogP contribution in [-0.4, -0.2) is 4.98 Å². The van der Waals surface area contributed by atoms with Gasteiger partial charge in [0.05, 0.1) is 11.6 Å². The molecule has 0 aliphatic rings. The Balaban J connectivity index is 2.18. The minimum Gasteiger partial charge on any atom is -0.361 e. The Morgan fingerprint density at radius 1 is 1.15 bits per heavy atom. The highest BCUT2D eigenvalue weighted by Crippen LogP contribution is 2.31. The maximum atomic E-state index is 9.06. The van der Waals surface area contributed by atoms with Gasteiger partial charge in [-0.3, -0.25) is 0 Å². The van der Waals surface area contributed by atoms with Gasteiger partial charge in [0.15, 0.2) is 0 Å². The molecular formula is C18H14N2.